The summed E-state index contributed by atoms with van der Waals surface area (Å²) in [5.41, 5.74) is 1.69. The number of hydrogen-bond acceptors (Lipinski definition) is 4. The summed E-state index contributed by atoms with van der Waals surface area (Å²) in [5.74, 6) is 1.64. The number of carbonyl (C=O) groups excluding carboxylic acids is 1. The maximum Gasteiger partial charge on any atom is 0.265 e. The number of aryl methyl sites for hydroxylation is 1. The summed E-state index contributed by atoms with van der Waals surface area (Å²) in [6, 6.07) is 12.9. The number of hydrogen-bond donors (Lipinski definition) is 1. The number of ether oxygens (including phenoxy) is 3. The van der Waals surface area contributed by atoms with E-state index >= 15 is 0 Å². The molecule has 0 radical (unpaired) electrons. The molecule has 128 valence electrons. The summed E-state index contributed by atoms with van der Waals surface area (Å²) in [4.78, 5) is 12.6. The predicted octanol–water partition coefficient (Wildman–Crippen LogP) is 3.81. The monoisotopic (exact) mass is 329 g/mol. The molecule has 0 fully saturated rings. The summed E-state index contributed by atoms with van der Waals surface area (Å²) in [6.45, 7) is 3.91. The second-order valence-electron chi connectivity index (χ2n) is 5.38. The van der Waals surface area contributed by atoms with Crippen LogP contribution < -0.4 is 19.5 Å². The number of carbonyl (C=O) groups is 1. The molecule has 1 unspecified atom stereocenters. The Labute approximate surface area is 142 Å². The average molecular weight is 329 g/mol. The molecule has 0 aromatic heterocycles. The SMILES string of the molecule is CCC(Oc1ccc(C)cc1)C(=O)Nc1cc(OC)ccc1OC. The molecule has 2 rings (SSSR count). The van der Waals surface area contributed by atoms with Crippen LogP contribution in [0.3, 0.4) is 0 Å². The lowest BCUT2D eigenvalue weighted by Gasteiger charge is -2.18. The Morgan fingerprint density at radius 2 is 1.71 bits per heavy atom. The Balaban J connectivity index is 2.12. The topological polar surface area (TPSA) is 56.8 Å². The zero-order valence-corrected chi connectivity index (χ0v) is 14.5. The standard InChI is InChI=1S/C19H23NO4/c1-5-17(24-14-8-6-13(2)7-9-14)19(21)20-16-12-15(22-3)10-11-18(16)23-4/h6-12,17H,5H2,1-4H3,(H,20,21). The fourth-order valence-corrected chi connectivity index (χ4v) is 2.23. The Morgan fingerprint density at radius 3 is 2.29 bits per heavy atom. The van der Waals surface area contributed by atoms with Crippen molar-refractivity contribution in [2.75, 3.05) is 19.5 Å². The van der Waals surface area contributed by atoms with Gasteiger partial charge >= 0.3 is 0 Å². The number of nitrogens with one attached hydrogen (secondary N) is 1. The molecule has 24 heavy (non-hydrogen) atoms. The highest BCUT2D eigenvalue weighted by Crippen LogP contribution is 2.29. The van der Waals surface area contributed by atoms with Crippen molar-refractivity contribution in [3.05, 3.63) is 48.0 Å². The van der Waals surface area contributed by atoms with Crippen LogP contribution in [0.25, 0.3) is 0 Å². The van der Waals surface area contributed by atoms with Gasteiger partial charge in [-0.2, -0.15) is 0 Å². The maximum absolute atomic E-state index is 12.6. The molecule has 0 aliphatic carbocycles. The van der Waals surface area contributed by atoms with Gasteiger partial charge in [0, 0.05) is 6.07 Å². The third-order valence-electron chi connectivity index (χ3n) is 3.63. The molecule has 0 heterocycles. The van der Waals surface area contributed by atoms with E-state index in [0.29, 0.717) is 29.4 Å². The van der Waals surface area contributed by atoms with E-state index in [1.165, 1.54) is 0 Å². The summed E-state index contributed by atoms with van der Waals surface area (Å²) >= 11 is 0. The lowest BCUT2D eigenvalue weighted by Crippen LogP contribution is -2.32. The highest BCUT2D eigenvalue weighted by Gasteiger charge is 2.20. The molecule has 1 atom stereocenters. The second-order valence-corrected chi connectivity index (χ2v) is 5.38. The normalized spacial score (nSPS) is 11.5. The van der Waals surface area contributed by atoms with Crippen LogP contribution >= 0.6 is 0 Å². The van der Waals surface area contributed by atoms with E-state index in [1.807, 2.05) is 38.1 Å². The van der Waals surface area contributed by atoms with E-state index in [9.17, 15) is 4.79 Å². The number of anilines is 1. The van der Waals surface area contributed by atoms with Crippen molar-refractivity contribution in [3.8, 4) is 17.2 Å². The van der Waals surface area contributed by atoms with Crippen molar-refractivity contribution < 1.29 is 19.0 Å². The third kappa shape index (κ3) is 4.41. The first-order chi connectivity index (χ1) is 11.6. The summed E-state index contributed by atoms with van der Waals surface area (Å²) in [5, 5.41) is 2.85. The van der Waals surface area contributed by atoms with E-state index in [1.54, 1.807) is 32.4 Å². The van der Waals surface area contributed by atoms with Gasteiger partial charge in [-0.15, -0.1) is 0 Å². The quantitative estimate of drug-likeness (QED) is 0.839. The van der Waals surface area contributed by atoms with Gasteiger partial charge in [-0.3, -0.25) is 4.79 Å². The molecule has 2 aromatic carbocycles. The van der Waals surface area contributed by atoms with Gasteiger partial charge in [0.05, 0.1) is 19.9 Å². The highest BCUT2D eigenvalue weighted by atomic mass is 16.5. The van der Waals surface area contributed by atoms with E-state index in [0.717, 1.165) is 5.56 Å². The van der Waals surface area contributed by atoms with Crippen molar-refractivity contribution >= 4 is 11.6 Å². The first-order valence-corrected chi connectivity index (χ1v) is 7.83. The Hall–Kier alpha value is -2.69. The van der Waals surface area contributed by atoms with Gasteiger partial charge in [-0.05, 0) is 37.6 Å². The predicted molar refractivity (Wildman–Crippen MR) is 94.1 cm³/mol. The van der Waals surface area contributed by atoms with E-state index in [4.69, 9.17) is 14.2 Å². The van der Waals surface area contributed by atoms with Crippen LogP contribution in [0.1, 0.15) is 18.9 Å². The van der Waals surface area contributed by atoms with Gasteiger partial charge in [0.25, 0.3) is 5.91 Å². The Kier molecular flexibility index (Phi) is 6.07. The van der Waals surface area contributed by atoms with Gasteiger partial charge in [0.1, 0.15) is 17.2 Å². The number of amides is 1. The lowest BCUT2D eigenvalue weighted by molar-refractivity contribution is -0.122. The molecule has 5 heteroatoms. The van der Waals surface area contributed by atoms with E-state index in [-0.39, 0.29) is 5.91 Å². The van der Waals surface area contributed by atoms with Crippen LogP contribution in [0.2, 0.25) is 0 Å². The minimum atomic E-state index is -0.594. The third-order valence-corrected chi connectivity index (χ3v) is 3.63. The Bertz CT molecular complexity index is 682. The van der Waals surface area contributed by atoms with E-state index in [2.05, 4.69) is 5.32 Å². The molecule has 0 bridgehead atoms. The lowest BCUT2D eigenvalue weighted by atomic mass is 10.2. The highest BCUT2D eigenvalue weighted by molar-refractivity contribution is 5.95. The number of methoxy groups -OCH3 is 2. The smallest absolute Gasteiger partial charge is 0.265 e. The largest absolute Gasteiger partial charge is 0.497 e. The van der Waals surface area contributed by atoms with Crippen molar-refractivity contribution in [1.82, 2.24) is 0 Å². The van der Waals surface area contributed by atoms with Gasteiger partial charge in [-0.1, -0.05) is 24.6 Å². The number of benzene rings is 2. The van der Waals surface area contributed by atoms with Crippen LogP contribution in [0.5, 0.6) is 17.2 Å². The van der Waals surface area contributed by atoms with Crippen LogP contribution in [0, 0.1) is 6.92 Å². The molecule has 1 N–H and O–H groups in total. The molecule has 0 aliphatic rings. The molecule has 0 aliphatic heterocycles. The van der Waals surface area contributed by atoms with Gasteiger partial charge in [0.2, 0.25) is 0 Å². The zero-order valence-electron chi connectivity index (χ0n) is 14.5. The second kappa shape index (κ2) is 8.24. The maximum atomic E-state index is 12.6. The van der Waals surface area contributed by atoms with Crippen molar-refractivity contribution in [3.63, 3.8) is 0 Å². The molecule has 0 saturated carbocycles. The van der Waals surface area contributed by atoms with Crippen LogP contribution in [-0.2, 0) is 4.79 Å². The first kappa shape index (κ1) is 17.7. The van der Waals surface area contributed by atoms with Crippen molar-refractivity contribution in [1.29, 1.82) is 0 Å². The van der Waals surface area contributed by atoms with Gasteiger partial charge in [0.15, 0.2) is 6.10 Å². The van der Waals surface area contributed by atoms with E-state index < -0.39 is 6.10 Å². The molecule has 2 aromatic rings. The fraction of sp³-hybridized carbons (Fsp3) is 0.316. The molecular formula is C19H23NO4. The minimum Gasteiger partial charge on any atom is -0.497 e. The molecule has 0 spiro atoms. The van der Waals surface area contributed by atoms with Gasteiger partial charge < -0.3 is 19.5 Å². The molecule has 0 saturated heterocycles. The number of rotatable bonds is 7. The van der Waals surface area contributed by atoms with Gasteiger partial charge in [-0.25, -0.2) is 0 Å². The molecular weight excluding hydrogens is 306 g/mol. The Morgan fingerprint density at radius 1 is 1.04 bits per heavy atom. The van der Waals surface area contributed by atoms with Crippen molar-refractivity contribution in [2.45, 2.75) is 26.4 Å². The first-order valence-electron chi connectivity index (χ1n) is 7.83. The van der Waals surface area contributed by atoms with Crippen LogP contribution in [0.15, 0.2) is 42.5 Å². The fourth-order valence-electron chi connectivity index (χ4n) is 2.23. The van der Waals surface area contributed by atoms with Crippen LogP contribution in [0.4, 0.5) is 5.69 Å². The van der Waals surface area contributed by atoms with Crippen LogP contribution in [-0.4, -0.2) is 26.2 Å². The molecule has 1 amide bonds. The summed E-state index contributed by atoms with van der Waals surface area (Å²) in [7, 11) is 3.13. The minimum absolute atomic E-state index is 0.232. The molecule has 5 nitrogen and oxygen atoms in total. The van der Waals surface area contributed by atoms with Crippen molar-refractivity contribution in [2.24, 2.45) is 0 Å². The summed E-state index contributed by atoms with van der Waals surface area (Å²) in [6.07, 6.45) is -0.0463. The summed E-state index contributed by atoms with van der Waals surface area (Å²) < 4.78 is 16.3. The average Bonchev–Trinajstić information content (AvgIpc) is 2.61. The zero-order chi connectivity index (χ0) is 17.5.